The zero-order chi connectivity index (χ0) is 11.0. The molecule has 1 saturated heterocycles. The van der Waals surface area contributed by atoms with E-state index in [0.29, 0.717) is 6.54 Å². The van der Waals surface area contributed by atoms with E-state index in [9.17, 15) is 4.79 Å². The Balaban J connectivity index is 2.27. The minimum Gasteiger partial charge on any atom is -0.361 e. The lowest BCUT2D eigenvalue weighted by molar-refractivity contribution is 0.202. The molecule has 2 rings (SSSR count). The van der Waals surface area contributed by atoms with Crippen molar-refractivity contribution in [3.05, 3.63) is 17.0 Å². The fourth-order valence-electron chi connectivity index (χ4n) is 2.10. The Bertz CT molecular complexity index is 367. The summed E-state index contributed by atoms with van der Waals surface area (Å²) in [7, 11) is 0. The topological polar surface area (TPSA) is 58.4 Å². The number of nitrogens with zero attached hydrogens (tertiary/aromatic N) is 2. The molecule has 0 saturated carbocycles. The van der Waals surface area contributed by atoms with Gasteiger partial charge in [-0.2, -0.15) is 0 Å². The summed E-state index contributed by atoms with van der Waals surface area (Å²) in [5.74, 6) is 0.791. The van der Waals surface area contributed by atoms with Crippen molar-refractivity contribution in [2.24, 2.45) is 0 Å². The first-order valence-corrected chi connectivity index (χ1v) is 5.08. The SMILES string of the molecule is Cc1noc(C)c1C(C)N1CCNC1=O. The second kappa shape index (κ2) is 3.56. The maximum Gasteiger partial charge on any atom is 0.318 e. The summed E-state index contributed by atoms with van der Waals surface area (Å²) in [4.78, 5) is 13.3. The number of carbonyl (C=O) groups excluding carboxylic acids is 1. The van der Waals surface area contributed by atoms with Crippen molar-refractivity contribution in [2.75, 3.05) is 13.1 Å². The zero-order valence-corrected chi connectivity index (χ0v) is 9.20. The molecule has 1 fully saturated rings. The third kappa shape index (κ3) is 1.58. The number of rotatable bonds is 2. The molecule has 0 aliphatic carbocycles. The van der Waals surface area contributed by atoms with Gasteiger partial charge in [-0.3, -0.25) is 0 Å². The number of carbonyl (C=O) groups is 1. The van der Waals surface area contributed by atoms with Gasteiger partial charge in [-0.25, -0.2) is 4.79 Å². The van der Waals surface area contributed by atoms with Crippen LogP contribution in [0.4, 0.5) is 4.79 Å². The Morgan fingerprint density at radius 1 is 1.53 bits per heavy atom. The normalized spacial score (nSPS) is 18.1. The van der Waals surface area contributed by atoms with E-state index < -0.39 is 0 Å². The molecule has 1 atom stereocenters. The highest BCUT2D eigenvalue weighted by Gasteiger charge is 2.29. The predicted molar refractivity (Wildman–Crippen MR) is 54.5 cm³/mol. The second-order valence-electron chi connectivity index (χ2n) is 3.84. The molecule has 0 radical (unpaired) electrons. The largest absolute Gasteiger partial charge is 0.361 e. The fourth-order valence-corrected chi connectivity index (χ4v) is 2.10. The summed E-state index contributed by atoms with van der Waals surface area (Å²) >= 11 is 0. The van der Waals surface area contributed by atoms with Crippen LogP contribution in [0.5, 0.6) is 0 Å². The highest BCUT2D eigenvalue weighted by Crippen LogP contribution is 2.27. The van der Waals surface area contributed by atoms with Gasteiger partial charge in [0.1, 0.15) is 5.76 Å². The van der Waals surface area contributed by atoms with E-state index in [0.717, 1.165) is 23.6 Å². The summed E-state index contributed by atoms with van der Waals surface area (Å²) in [6.45, 7) is 7.23. The molecule has 0 spiro atoms. The minimum atomic E-state index is -0.0116. The second-order valence-corrected chi connectivity index (χ2v) is 3.84. The van der Waals surface area contributed by atoms with Gasteiger partial charge in [-0.15, -0.1) is 0 Å². The van der Waals surface area contributed by atoms with Crippen molar-refractivity contribution < 1.29 is 9.32 Å². The van der Waals surface area contributed by atoms with Gasteiger partial charge in [0.2, 0.25) is 0 Å². The molecule has 5 nitrogen and oxygen atoms in total. The van der Waals surface area contributed by atoms with Crippen LogP contribution in [0.15, 0.2) is 4.52 Å². The van der Waals surface area contributed by atoms with Crippen LogP contribution in [-0.2, 0) is 0 Å². The van der Waals surface area contributed by atoms with Crippen molar-refractivity contribution in [1.29, 1.82) is 0 Å². The van der Waals surface area contributed by atoms with Gasteiger partial charge in [0.15, 0.2) is 0 Å². The van der Waals surface area contributed by atoms with Crippen molar-refractivity contribution in [1.82, 2.24) is 15.4 Å². The highest BCUT2D eigenvalue weighted by atomic mass is 16.5. The number of nitrogens with one attached hydrogen (secondary N) is 1. The molecular formula is C10H15N3O2. The number of aryl methyl sites for hydroxylation is 2. The summed E-state index contributed by atoms with van der Waals surface area (Å²) in [5.41, 5.74) is 1.88. The molecule has 2 heterocycles. The Hall–Kier alpha value is -1.52. The molecule has 2 amide bonds. The third-order valence-corrected chi connectivity index (χ3v) is 2.86. The molecule has 0 bridgehead atoms. The minimum absolute atomic E-state index is 0.0116. The molecule has 1 aliphatic rings. The summed E-state index contributed by atoms with van der Waals surface area (Å²) in [6, 6.07) is 0.0150. The van der Waals surface area contributed by atoms with Gasteiger partial charge in [-0.1, -0.05) is 5.16 Å². The summed E-state index contributed by atoms with van der Waals surface area (Å²) < 4.78 is 5.10. The lowest BCUT2D eigenvalue weighted by Crippen LogP contribution is -2.31. The van der Waals surface area contributed by atoms with Crippen molar-refractivity contribution in [2.45, 2.75) is 26.8 Å². The quantitative estimate of drug-likeness (QED) is 0.800. The van der Waals surface area contributed by atoms with E-state index in [1.165, 1.54) is 0 Å². The van der Waals surface area contributed by atoms with E-state index in [4.69, 9.17) is 4.52 Å². The van der Waals surface area contributed by atoms with Gasteiger partial charge in [0.05, 0.1) is 11.7 Å². The zero-order valence-electron chi connectivity index (χ0n) is 9.20. The van der Waals surface area contributed by atoms with Crippen LogP contribution >= 0.6 is 0 Å². The molecule has 1 aromatic rings. The molecule has 1 aromatic heterocycles. The molecule has 0 aromatic carbocycles. The van der Waals surface area contributed by atoms with Gasteiger partial charge in [0.25, 0.3) is 0 Å². The third-order valence-electron chi connectivity index (χ3n) is 2.86. The maximum absolute atomic E-state index is 11.5. The van der Waals surface area contributed by atoms with Crippen LogP contribution in [0.1, 0.15) is 30.0 Å². The van der Waals surface area contributed by atoms with Crippen LogP contribution in [0.3, 0.4) is 0 Å². The number of amides is 2. The first-order chi connectivity index (χ1) is 7.11. The van der Waals surface area contributed by atoms with Crippen molar-refractivity contribution in [3.8, 4) is 0 Å². The van der Waals surface area contributed by atoms with Crippen molar-refractivity contribution in [3.63, 3.8) is 0 Å². The number of hydrogen-bond acceptors (Lipinski definition) is 3. The monoisotopic (exact) mass is 209 g/mol. The van der Waals surface area contributed by atoms with Gasteiger partial charge < -0.3 is 14.7 Å². The lowest BCUT2D eigenvalue weighted by atomic mass is 10.1. The van der Waals surface area contributed by atoms with E-state index in [1.807, 2.05) is 20.8 Å². The molecular weight excluding hydrogens is 194 g/mol. The van der Waals surface area contributed by atoms with E-state index in [1.54, 1.807) is 4.90 Å². The molecule has 1 unspecified atom stereocenters. The van der Waals surface area contributed by atoms with Gasteiger partial charge >= 0.3 is 6.03 Å². The molecule has 1 aliphatic heterocycles. The van der Waals surface area contributed by atoms with Crippen molar-refractivity contribution >= 4 is 6.03 Å². The predicted octanol–water partition coefficient (Wildman–Crippen LogP) is 1.38. The Morgan fingerprint density at radius 3 is 2.73 bits per heavy atom. The molecule has 1 N–H and O–H groups in total. The fraction of sp³-hybridized carbons (Fsp3) is 0.600. The van der Waals surface area contributed by atoms with Gasteiger partial charge in [-0.05, 0) is 20.8 Å². The number of urea groups is 1. The standard InChI is InChI=1S/C10H15N3O2/c1-6-9(8(3)15-12-6)7(2)13-5-4-11-10(13)14/h7H,4-5H2,1-3H3,(H,11,14). The number of hydrogen-bond donors (Lipinski definition) is 1. The van der Waals surface area contributed by atoms with Gasteiger partial charge in [0, 0.05) is 18.7 Å². The van der Waals surface area contributed by atoms with Crippen LogP contribution < -0.4 is 5.32 Å². The Kier molecular flexibility index (Phi) is 2.38. The average molecular weight is 209 g/mol. The van der Waals surface area contributed by atoms with Crippen LogP contribution in [0.2, 0.25) is 0 Å². The first-order valence-electron chi connectivity index (χ1n) is 5.08. The summed E-state index contributed by atoms with van der Waals surface area (Å²) in [6.07, 6.45) is 0. The summed E-state index contributed by atoms with van der Waals surface area (Å²) in [5, 5.41) is 6.69. The Labute approximate surface area is 88.4 Å². The van der Waals surface area contributed by atoms with Crippen LogP contribution in [-0.4, -0.2) is 29.2 Å². The van der Waals surface area contributed by atoms with E-state index in [-0.39, 0.29) is 12.1 Å². The molecule has 15 heavy (non-hydrogen) atoms. The van der Waals surface area contributed by atoms with Crippen LogP contribution in [0.25, 0.3) is 0 Å². The van der Waals surface area contributed by atoms with E-state index in [2.05, 4.69) is 10.5 Å². The smallest absolute Gasteiger partial charge is 0.318 e. The van der Waals surface area contributed by atoms with E-state index >= 15 is 0 Å². The van der Waals surface area contributed by atoms with Crippen LogP contribution in [0, 0.1) is 13.8 Å². The lowest BCUT2D eigenvalue weighted by Gasteiger charge is -2.22. The molecule has 5 heteroatoms. The molecule has 82 valence electrons. The average Bonchev–Trinajstić information content (AvgIpc) is 2.73. The highest BCUT2D eigenvalue weighted by molar-refractivity contribution is 5.76. The number of aromatic nitrogens is 1. The maximum atomic E-state index is 11.5. The first kappa shape index (κ1) is 10.0. The Morgan fingerprint density at radius 2 is 2.27 bits per heavy atom.